The standard InChI is InChI=1S/C28H41N5O2S/c1-5-33(21(2)34)27(25(29)26(35)30-28(3,4)23-11-7-6-8-12-23)36-31-24-15-13-22(14-16-24)17-20-32-18-9-10-19-32/h6-8,11-16,25,27,31H,5,9-10,17-20,29H2,1-4H3,(H,30,35)/t25-,27?/m1/s1. The molecule has 2 aromatic rings. The maximum absolute atomic E-state index is 13.2. The van der Waals surface area contributed by atoms with Crippen molar-refractivity contribution in [3.05, 3.63) is 65.7 Å². The predicted octanol–water partition coefficient (Wildman–Crippen LogP) is 3.96. The lowest BCUT2D eigenvalue weighted by Crippen LogP contribution is -2.58. The van der Waals surface area contributed by atoms with Gasteiger partial charge in [0, 0.05) is 25.7 Å². The first-order valence-corrected chi connectivity index (χ1v) is 13.7. The van der Waals surface area contributed by atoms with E-state index in [1.807, 2.05) is 63.2 Å². The van der Waals surface area contributed by atoms with Crippen LogP contribution in [0.25, 0.3) is 0 Å². The maximum Gasteiger partial charge on any atom is 0.240 e. The van der Waals surface area contributed by atoms with E-state index in [9.17, 15) is 9.59 Å². The summed E-state index contributed by atoms with van der Waals surface area (Å²) in [6.07, 6.45) is 3.65. The average Bonchev–Trinajstić information content (AvgIpc) is 3.39. The van der Waals surface area contributed by atoms with Gasteiger partial charge in [-0.05, 0) is 88.3 Å². The number of benzene rings is 2. The third kappa shape index (κ3) is 7.72. The number of carbonyl (C=O) groups is 2. The Labute approximate surface area is 220 Å². The molecule has 1 unspecified atom stereocenters. The largest absolute Gasteiger partial charge is 0.346 e. The molecule has 0 spiro atoms. The Morgan fingerprint density at radius 3 is 2.31 bits per heavy atom. The van der Waals surface area contributed by atoms with E-state index in [2.05, 4.69) is 27.1 Å². The first kappa shape index (κ1) is 28.0. The first-order chi connectivity index (χ1) is 17.2. The number of nitrogens with two attached hydrogens (primary N) is 1. The van der Waals surface area contributed by atoms with Gasteiger partial charge in [0.05, 0.1) is 5.54 Å². The van der Waals surface area contributed by atoms with Crippen LogP contribution in [0.4, 0.5) is 5.69 Å². The van der Waals surface area contributed by atoms with Crippen LogP contribution < -0.4 is 15.8 Å². The molecule has 1 aliphatic rings. The van der Waals surface area contributed by atoms with Crippen LogP contribution in [0.1, 0.15) is 51.7 Å². The highest BCUT2D eigenvalue weighted by atomic mass is 32.2. The van der Waals surface area contributed by atoms with E-state index in [4.69, 9.17) is 5.73 Å². The summed E-state index contributed by atoms with van der Waals surface area (Å²) in [6, 6.07) is 17.2. The molecule has 7 nitrogen and oxygen atoms in total. The van der Waals surface area contributed by atoms with Crippen molar-refractivity contribution < 1.29 is 9.59 Å². The van der Waals surface area contributed by atoms with Gasteiger partial charge in [0.1, 0.15) is 11.4 Å². The van der Waals surface area contributed by atoms with E-state index in [0.717, 1.165) is 24.2 Å². The smallest absolute Gasteiger partial charge is 0.240 e. The van der Waals surface area contributed by atoms with Gasteiger partial charge in [-0.3, -0.25) is 9.59 Å². The number of likely N-dealkylation sites (tertiary alicyclic amines) is 1. The van der Waals surface area contributed by atoms with Gasteiger partial charge < -0.3 is 25.6 Å². The zero-order chi connectivity index (χ0) is 26.1. The number of nitrogens with zero attached hydrogens (tertiary/aromatic N) is 2. The monoisotopic (exact) mass is 511 g/mol. The third-order valence-corrected chi connectivity index (χ3v) is 7.90. The van der Waals surface area contributed by atoms with Gasteiger partial charge in [0.2, 0.25) is 11.8 Å². The molecule has 2 amide bonds. The number of rotatable bonds is 12. The molecule has 2 atom stereocenters. The number of carbonyl (C=O) groups excluding carboxylic acids is 2. The van der Waals surface area contributed by atoms with E-state index in [-0.39, 0.29) is 11.8 Å². The summed E-state index contributed by atoms with van der Waals surface area (Å²) in [7, 11) is 0. The summed E-state index contributed by atoms with van der Waals surface area (Å²) in [4.78, 5) is 29.8. The quantitative estimate of drug-likeness (QED) is 0.295. The van der Waals surface area contributed by atoms with Crippen molar-refractivity contribution in [2.75, 3.05) is 30.9 Å². The Bertz CT molecular complexity index is 977. The number of nitrogens with one attached hydrogen (secondary N) is 2. The zero-order valence-corrected chi connectivity index (χ0v) is 22.8. The number of amides is 2. The number of anilines is 1. The molecule has 0 aromatic heterocycles. The molecule has 1 saturated heterocycles. The van der Waals surface area contributed by atoms with E-state index < -0.39 is 17.0 Å². The van der Waals surface area contributed by atoms with E-state index in [1.165, 1.54) is 50.4 Å². The Hall–Kier alpha value is -2.55. The van der Waals surface area contributed by atoms with Crippen LogP contribution >= 0.6 is 11.9 Å². The minimum atomic E-state index is -0.922. The SMILES string of the molecule is CCN(C(C)=O)C(SNc1ccc(CCN2CCCC2)cc1)[C@H](N)C(=O)NC(C)(C)c1ccccc1. The molecule has 1 fully saturated rings. The van der Waals surface area contributed by atoms with E-state index in [1.54, 1.807) is 4.90 Å². The zero-order valence-electron chi connectivity index (χ0n) is 22.0. The van der Waals surface area contributed by atoms with Crippen molar-refractivity contribution in [3.63, 3.8) is 0 Å². The summed E-state index contributed by atoms with van der Waals surface area (Å²) >= 11 is 1.29. The molecule has 36 heavy (non-hydrogen) atoms. The minimum absolute atomic E-state index is 0.125. The van der Waals surface area contributed by atoms with Crippen molar-refractivity contribution in [2.24, 2.45) is 5.73 Å². The topological polar surface area (TPSA) is 90.7 Å². The van der Waals surface area contributed by atoms with Crippen LogP contribution in [0.15, 0.2) is 54.6 Å². The van der Waals surface area contributed by atoms with Crippen LogP contribution in [0.2, 0.25) is 0 Å². The van der Waals surface area contributed by atoms with Crippen molar-refractivity contribution in [3.8, 4) is 0 Å². The Morgan fingerprint density at radius 2 is 1.72 bits per heavy atom. The fraction of sp³-hybridized carbons (Fsp3) is 0.500. The molecule has 0 aliphatic carbocycles. The molecule has 0 saturated carbocycles. The second kappa shape index (κ2) is 13.1. The van der Waals surface area contributed by atoms with Gasteiger partial charge in [0.25, 0.3) is 0 Å². The van der Waals surface area contributed by atoms with Crippen molar-refractivity contribution >= 4 is 29.4 Å². The van der Waals surface area contributed by atoms with Gasteiger partial charge in [-0.1, -0.05) is 42.5 Å². The molecule has 1 aliphatic heterocycles. The Morgan fingerprint density at radius 1 is 1.08 bits per heavy atom. The first-order valence-electron chi connectivity index (χ1n) is 12.8. The number of hydrogen-bond acceptors (Lipinski definition) is 6. The van der Waals surface area contributed by atoms with Crippen LogP contribution in [0.5, 0.6) is 0 Å². The summed E-state index contributed by atoms with van der Waals surface area (Å²) in [6.45, 7) is 11.2. The second-order valence-electron chi connectivity index (χ2n) is 9.92. The number of likely N-dealkylation sites (N-methyl/N-ethyl adjacent to an activating group) is 1. The fourth-order valence-electron chi connectivity index (χ4n) is 4.52. The highest BCUT2D eigenvalue weighted by Gasteiger charge is 2.34. The minimum Gasteiger partial charge on any atom is -0.346 e. The van der Waals surface area contributed by atoms with E-state index >= 15 is 0 Å². The van der Waals surface area contributed by atoms with Crippen molar-refractivity contribution in [1.29, 1.82) is 0 Å². The molecular weight excluding hydrogens is 470 g/mol. The third-order valence-electron chi connectivity index (χ3n) is 6.76. The Kier molecular flexibility index (Phi) is 10.2. The lowest BCUT2D eigenvalue weighted by Gasteiger charge is -2.35. The predicted molar refractivity (Wildman–Crippen MR) is 149 cm³/mol. The molecule has 0 bridgehead atoms. The van der Waals surface area contributed by atoms with Crippen LogP contribution in [0, 0.1) is 0 Å². The molecule has 196 valence electrons. The molecule has 2 aromatic carbocycles. The summed E-state index contributed by atoms with van der Waals surface area (Å²) in [5.74, 6) is -0.431. The van der Waals surface area contributed by atoms with Crippen molar-refractivity contribution in [2.45, 2.75) is 63.9 Å². The van der Waals surface area contributed by atoms with Gasteiger partial charge >= 0.3 is 0 Å². The molecule has 4 N–H and O–H groups in total. The molecule has 3 rings (SSSR count). The molecule has 8 heteroatoms. The Balaban J connectivity index is 1.64. The lowest BCUT2D eigenvalue weighted by molar-refractivity contribution is -0.131. The number of hydrogen-bond donors (Lipinski definition) is 3. The normalized spacial score (nSPS) is 15.8. The van der Waals surface area contributed by atoms with Crippen LogP contribution in [-0.2, 0) is 21.5 Å². The van der Waals surface area contributed by atoms with Crippen LogP contribution in [-0.4, -0.2) is 59.2 Å². The highest BCUT2D eigenvalue weighted by molar-refractivity contribution is 8.01. The molecular formula is C28H41N5O2S. The summed E-state index contributed by atoms with van der Waals surface area (Å²) < 4.78 is 3.32. The van der Waals surface area contributed by atoms with Gasteiger partial charge in [0.15, 0.2) is 0 Å². The maximum atomic E-state index is 13.2. The van der Waals surface area contributed by atoms with Gasteiger partial charge in [-0.25, -0.2) is 0 Å². The molecule has 1 heterocycles. The fourth-order valence-corrected chi connectivity index (χ4v) is 5.61. The molecule has 0 radical (unpaired) electrons. The second-order valence-corrected chi connectivity index (χ2v) is 10.8. The average molecular weight is 512 g/mol. The van der Waals surface area contributed by atoms with Crippen molar-refractivity contribution in [1.82, 2.24) is 15.1 Å². The highest BCUT2D eigenvalue weighted by Crippen LogP contribution is 2.25. The van der Waals surface area contributed by atoms with Gasteiger partial charge in [-0.15, -0.1) is 0 Å². The van der Waals surface area contributed by atoms with E-state index in [0.29, 0.717) is 6.54 Å². The lowest BCUT2D eigenvalue weighted by atomic mass is 9.94. The van der Waals surface area contributed by atoms with Gasteiger partial charge in [-0.2, -0.15) is 0 Å². The summed E-state index contributed by atoms with van der Waals surface area (Å²) in [5, 5.41) is 2.49. The van der Waals surface area contributed by atoms with Crippen LogP contribution in [0.3, 0.4) is 0 Å². The summed E-state index contributed by atoms with van der Waals surface area (Å²) in [5.41, 5.74) is 9.07.